The van der Waals surface area contributed by atoms with Crippen LogP contribution < -0.4 is 9.64 Å². The van der Waals surface area contributed by atoms with Gasteiger partial charge in [0, 0.05) is 42.5 Å². The fourth-order valence-corrected chi connectivity index (χ4v) is 4.90. The summed E-state index contributed by atoms with van der Waals surface area (Å²) in [6.07, 6.45) is 4.03. The van der Waals surface area contributed by atoms with Crippen molar-refractivity contribution in [3.8, 4) is 23.3 Å². The highest BCUT2D eigenvalue weighted by Crippen LogP contribution is 2.43. The minimum Gasteiger partial charge on any atom is -0.467 e. The number of amides is 1. The van der Waals surface area contributed by atoms with Crippen LogP contribution in [0.4, 0.5) is 5.82 Å². The largest absolute Gasteiger partial charge is 0.467 e. The summed E-state index contributed by atoms with van der Waals surface area (Å²) >= 11 is 0. The average molecular weight is 429 g/mol. The molecule has 162 valence electrons. The first-order chi connectivity index (χ1) is 15.5. The molecule has 2 saturated heterocycles. The van der Waals surface area contributed by atoms with Crippen LogP contribution in [0.5, 0.6) is 6.01 Å². The number of carbonyl (C=O) groups excluding carboxylic acids is 1. The Bertz CT molecular complexity index is 1280. The lowest BCUT2D eigenvalue weighted by Gasteiger charge is -2.47. The number of carbonyl (C=O) groups is 1. The molecule has 3 aromatic rings. The lowest BCUT2D eigenvalue weighted by Crippen LogP contribution is -2.59. The number of hydrogen-bond donors (Lipinski definition) is 1. The first kappa shape index (κ1) is 20.0. The van der Waals surface area contributed by atoms with E-state index in [0.29, 0.717) is 30.2 Å². The Hall–Kier alpha value is -3.93. The van der Waals surface area contributed by atoms with Crippen LogP contribution in [0.15, 0.2) is 31.0 Å². The smallest absolute Gasteiger partial charge is 0.318 e. The summed E-state index contributed by atoms with van der Waals surface area (Å²) < 4.78 is 5.42. The highest BCUT2D eigenvalue weighted by Gasteiger charge is 2.49. The molecule has 0 atom stereocenters. The number of nitriles is 1. The van der Waals surface area contributed by atoms with Crippen LogP contribution in [0.1, 0.15) is 17.5 Å². The van der Waals surface area contributed by atoms with Crippen molar-refractivity contribution >= 4 is 22.6 Å². The molecule has 2 fully saturated rings. The lowest BCUT2D eigenvalue weighted by atomic mass is 9.79. The number of nitrogens with zero attached hydrogens (tertiary/aromatic N) is 6. The quantitative estimate of drug-likeness (QED) is 0.634. The number of aromatic amines is 1. The van der Waals surface area contributed by atoms with Crippen molar-refractivity contribution in [1.29, 1.82) is 5.26 Å². The van der Waals surface area contributed by atoms with Crippen LogP contribution in [-0.2, 0) is 4.79 Å². The number of aryl methyl sites for hydroxylation is 1. The van der Waals surface area contributed by atoms with E-state index in [1.807, 2.05) is 19.1 Å². The maximum absolute atomic E-state index is 11.9. The Balaban J connectivity index is 1.57. The molecule has 5 rings (SSSR count). The van der Waals surface area contributed by atoms with Gasteiger partial charge in [0.2, 0.25) is 5.91 Å². The van der Waals surface area contributed by atoms with Gasteiger partial charge < -0.3 is 14.5 Å². The molecule has 1 aromatic carbocycles. The van der Waals surface area contributed by atoms with Gasteiger partial charge in [0.1, 0.15) is 11.6 Å². The second kappa shape index (κ2) is 7.34. The van der Waals surface area contributed by atoms with Gasteiger partial charge >= 0.3 is 6.01 Å². The Morgan fingerprint density at radius 1 is 1.34 bits per heavy atom. The number of H-pyrrole nitrogens is 1. The molecule has 0 radical (unpaired) electrons. The number of nitrogens with one attached hydrogen (secondary N) is 1. The molecule has 1 amide bonds. The van der Waals surface area contributed by atoms with Gasteiger partial charge in [-0.2, -0.15) is 20.3 Å². The van der Waals surface area contributed by atoms with Gasteiger partial charge in [-0.15, -0.1) is 0 Å². The van der Waals surface area contributed by atoms with E-state index < -0.39 is 0 Å². The number of ether oxygens (including phenoxy) is 1. The van der Waals surface area contributed by atoms with E-state index in [-0.39, 0.29) is 17.3 Å². The zero-order valence-electron chi connectivity index (χ0n) is 18.1. The van der Waals surface area contributed by atoms with E-state index in [9.17, 15) is 10.1 Å². The number of likely N-dealkylation sites (tertiary alicyclic amines) is 1. The number of benzene rings is 1. The molecule has 2 aromatic heterocycles. The molecule has 2 aliphatic rings. The molecule has 0 saturated carbocycles. The van der Waals surface area contributed by atoms with Crippen molar-refractivity contribution in [2.75, 3.05) is 38.2 Å². The van der Waals surface area contributed by atoms with Crippen LogP contribution in [-0.4, -0.2) is 64.3 Å². The molecule has 1 N–H and O–H groups in total. The zero-order valence-corrected chi connectivity index (χ0v) is 18.1. The number of hydrogen-bond acceptors (Lipinski definition) is 7. The maximum Gasteiger partial charge on any atom is 0.318 e. The van der Waals surface area contributed by atoms with E-state index in [4.69, 9.17) is 4.74 Å². The average Bonchev–Trinajstić information content (AvgIpc) is 3.44. The van der Waals surface area contributed by atoms with E-state index >= 15 is 0 Å². The van der Waals surface area contributed by atoms with Gasteiger partial charge in [0.25, 0.3) is 0 Å². The van der Waals surface area contributed by atoms with Crippen molar-refractivity contribution in [2.24, 2.45) is 5.41 Å². The molecule has 9 nitrogen and oxygen atoms in total. The summed E-state index contributed by atoms with van der Waals surface area (Å²) in [6, 6.07) is 6.50. The standard InChI is InChI=1S/C23H23N7O2/c1-4-18(31)30-12-23(13-30)7-8-29(11-23)21-15(9-24)20(26-22(27-21)32-3)19-14(2)5-6-17-16(19)10-25-28-17/h4-6,10H,1,7-8,11-13H2,2-3H3,(H,25,28). The van der Waals surface area contributed by atoms with Crippen molar-refractivity contribution in [1.82, 2.24) is 25.1 Å². The Morgan fingerprint density at radius 2 is 2.16 bits per heavy atom. The molecule has 1 spiro atoms. The number of fused-ring (bicyclic) bond motifs is 1. The first-order valence-electron chi connectivity index (χ1n) is 10.4. The van der Waals surface area contributed by atoms with E-state index in [0.717, 1.165) is 41.5 Å². The van der Waals surface area contributed by atoms with E-state index in [1.54, 1.807) is 11.1 Å². The Morgan fingerprint density at radius 3 is 2.88 bits per heavy atom. The number of methoxy groups -OCH3 is 1. The number of anilines is 1. The number of rotatable bonds is 4. The summed E-state index contributed by atoms with van der Waals surface area (Å²) in [5.74, 6) is 0.529. The van der Waals surface area contributed by atoms with Gasteiger partial charge in [-0.1, -0.05) is 12.6 Å². The fraction of sp³-hybridized carbons (Fsp3) is 0.348. The monoisotopic (exact) mass is 429 g/mol. The normalized spacial score (nSPS) is 16.8. The van der Waals surface area contributed by atoms with Crippen LogP contribution in [0.25, 0.3) is 22.2 Å². The molecule has 0 bridgehead atoms. The third-order valence-corrected chi connectivity index (χ3v) is 6.51. The summed E-state index contributed by atoms with van der Waals surface area (Å²) in [5.41, 5.74) is 3.67. The highest BCUT2D eigenvalue weighted by atomic mass is 16.5. The van der Waals surface area contributed by atoms with Gasteiger partial charge in [-0.05, 0) is 31.1 Å². The molecule has 0 aliphatic carbocycles. The predicted molar refractivity (Wildman–Crippen MR) is 119 cm³/mol. The second-order valence-electron chi connectivity index (χ2n) is 8.53. The second-order valence-corrected chi connectivity index (χ2v) is 8.53. The Kier molecular flexibility index (Phi) is 4.59. The van der Waals surface area contributed by atoms with Crippen LogP contribution in [0, 0.1) is 23.7 Å². The van der Waals surface area contributed by atoms with Crippen molar-refractivity contribution in [3.05, 3.63) is 42.1 Å². The number of aromatic nitrogens is 4. The van der Waals surface area contributed by atoms with Gasteiger partial charge in [-0.25, -0.2) is 0 Å². The molecular formula is C23H23N7O2. The molecule has 0 unspecified atom stereocenters. The summed E-state index contributed by atoms with van der Waals surface area (Å²) in [4.78, 5) is 25.0. The summed E-state index contributed by atoms with van der Waals surface area (Å²) in [7, 11) is 1.52. The highest BCUT2D eigenvalue weighted by molar-refractivity contribution is 5.97. The summed E-state index contributed by atoms with van der Waals surface area (Å²) in [5, 5.41) is 18.2. The fourth-order valence-electron chi connectivity index (χ4n) is 4.90. The van der Waals surface area contributed by atoms with Gasteiger partial charge in [-0.3, -0.25) is 9.89 Å². The molecule has 9 heteroatoms. The SMILES string of the molecule is C=CC(=O)N1CC2(CCN(c3nc(OC)nc(-c4c(C)ccc5[nH]ncc45)c3C#N)C2)C1. The van der Waals surface area contributed by atoms with Gasteiger partial charge in [0.05, 0.1) is 24.5 Å². The topological polar surface area (TPSA) is 111 Å². The molecule has 32 heavy (non-hydrogen) atoms. The molecule has 2 aliphatic heterocycles. The van der Waals surface area contributed by atoms with Crippen molar-refractivity contribution in [2.45, 2.75) is 13.3 Å². The van der Waals surface area contributed by atoms with E-state index in [1.165, 1.54) is 13.2 Å². The summed E-state index contributed by atoms with van der Waals surface area (Å²) in [6.45, 7) is 8.41. The third-order valence-electron chi connectivity index (χ3n) is 6.51. The van der Waals surface area contributed by atoms with Crippen molar-refractivity contribution < 1.29 is 9.53 Å². The minimum absolute atomic E-state index is 0.0181. The zero-order chi connectivity index (χ0) is 22.5. The Labute approximate surface area is 185 Å². The molecular weight excluding hydrogens is 406 g/mol. The van der Waals surface area contributed by atoms with Crippen molar-refractivity contribution in [3.63, 3.8) is 0 Å². The van der Waals surface area contributed by atoms with Crippen LogP contribution >= 0.6 is 0 Å². The van der Waals surface area contributed by atoms with Crippen LogP contribution in [0.3, 0.4) is 0 Å². The van der Waals surface area contributed by atoms with Crippen LogP contribution in [0.2, 0.25) is 0 Å². The van der Waals surface area contributed by atoms with E-state index in [2.05, 4.69) is 37.7 Å². The first-order valence-corrected chi connectivity index (χ1v) is 10.4. The third kappa shape index (κ3) is 2.99. The molecule has 4 heterocycles. The minimum atomic E-state index is -0.0403. The predicted octanol–water partition coefficient (Wildman–Crippen LogP) is 2.43. The lowest BCUT2D eigenvalue weighted by molar-refractivity contribution is -0.136. The van der Waals surface area contributed by atoms with Gasteiger partial charge in [0.15, 0.2) is 5.82 Å². The maximum atomic E-state index is 11.9.